The van der Waals surface area contributed by atoms with Crippen LogP contribution in [0, 0.1) is 13.8 Å². The summed E-state index contributed by atoms with van der Waals surface area (Å²) in [6.45, 7) is 5.44. The summed E-state index contributed by atoms with van der Waals surface area (Å²) in [7, 11) is 0. The Kier molecular flexibility index (Phi) is 3.79. The molecule has 1 atom stereocenters. The summed E-state index contributed by atoms with van der Waals surface area (Å²) in [5.41, 5.74) is -1.85. The molecule has 1 rings (SSSR count). The zero-order valence-electron chi connectivity index (χ0n) is 10.7. The first-order valence-corrected chi connectivity index (χ1v) is 5.42. The Morgan fingerprint density at radius 2 is 2.00 bits per heavy atom. The van der Waals surface area contributed by atoms with Crippen LogP contribution in [0.5, 0.6) is 0 Å². The Labute approximate surface area is 104 Å². The number of carboxylic acids is 1. The molecule has 0 saturated carbocycles. The van der Waals surface area contributed by atoms with Gasteiger partial charge in [0.2, 0.25) is 0 Å². The van der Waals surface area contributed by atoms with Crippen LogP contribution in [0.2, 0.25) is 0 Å². The average Bonchev–Trinajstić information content (AvgIpc) is 2.51. The SMILES string of the molecule is Cc1cc(C(=O)NC(C(=O)O)C(C)(C)F)c(C)o1. The molecule has 6 heteroatoms. The number of hydrogen-bond donors (Lipinski definition) is 2. The van der Waals surface area contributed by atoms with Crippen LogP contribution in [0.1, 0.15) is 35.7 Å². The molecule has 0 aliphatic carbocycles. The molecule has 0 radical (unpaired) electrons. The van der Waals surface area contributed by atoms with Crippen molar-refractivity contribution in [3.8, 4) is 0 Å². The van der Waals surface area contributed by atoms with Gasteiger partial charge < -0.3 is 14.8 Å². The number of amides is 1. The predicted octanol–water partition coefficient (Wildman–Crippen LogP) is 1.83. The van der Waals surface area contributed by atoms with Gasteiger partial charge in [0.1, 0.15) is 17.2 Å². The Morgan fingerprint density at radius 3 is 2.33 bits per heavy atom. The van der Waals surface area contributed by atoms with Crippen LogP contribution >= 0.6 is 0 Å². The van der Waals surface area contributed by atoms with Gasteiger partial charge in [-0.2, -0.15) is 0 Å². The summed E-state index contributed by atoms with van der Waals surface area (Å²) < 4.78 is 18.8. The molecule has 0 aromatic carbocycles. The highest BCUT2D eigenvalue weighted by Gasteiger charge is 2.37. The second kappa shape index (κ2) is 4.80. The van der Waals surface area contributed by atoms with Gasteiger partial charge in [0.25, 0.3) is 5.91 Å². The molecule has 0 fully saturated rings. The fourth-order valence-electron chi connectivity index (χ4n) is 1.59. The Balaban J connectivity index is 2.93. The number of nitrogens with one attached hydrogen (secondary N) is 1. The smallest absolute Gasteiger partial charge is 0.329 e. The summed E-state index contributed by atoms with van der Waals surface area (Å²) >= 11 is 0. The molecule has 1 aromatic heterocycles. The van der Waals surface area contributed by atoms with Crippen LogP contribution in [-0.2, 0) is 4.79 Å². The zero-order valence-corrected chi connectivity index (χ0v) is 10.7. The first kappa shape index (κ1) is 14.2. The lowest BCUT2D eigenvalue weighted by Gasteiger charge is -2.23. The second-order valence-corrected chi connectivity index (χ2v) is 4.64. The molecule has 1 aromatic rings. The molecule has 5 nitrogen and oxygen atoms in total. The quantitative estimate of drug-likeness (QED) is 0.862. The summed E-state index contributed by atoms with van der Waals surface area (Å²) in [6.07, 6.45) is 0. The summed E-state index contributed by atoms with van der Waals surface area (Å²) in [5, 5.41) is 11.1. The maximum absolute atomic E-state index is 13.7. The van der Waals surface area contributed by atoms with E-state index in [1.807, 2.05) is 0 Å². The van der Waals surface area contributed by atoms with Gasteiger partial charge >= 0.3 is 5.97 Å². The summed E-state index contributed by atoms with van der Waals surface area (Å²) in [6, 6.07) is -0.131. The monoisotopic (exact) mass is 257 g/mol. The standard InChI is InChI=1S/C12H16FNO4/c1-6-5-8(7(2)18-6)10(15)14-9(11(16)17)12(3,4)13/h5,9H,1-4H3,(H,14,15)(H,16,17). The van der Waals surface area contributed by atoms with Gasteiger partial charge in [0.05, 0.1) is 5.56 Å². The molecule has 100 valence electrons. The first-order valence-electron chi connectivity index (χ1n) is 5.42. The van der Waals surface area contributed by atoms with Crippen molar-refractivity contribution in [1.29, 1.82) is 0 Å². The maximum atomic E-state index is 13.7. The largest absolute Gasteiger partial charge is 0.480 e. The molecule has 0 saturated heterocycles. The van der Waals surface area contributed by atoms with Gasteiger partial charge in [-0.1, -0.05) is 0 Å². The zero-order chi connectivity index (χ0) is 14.1. The third kappa shape index (κ3) is 3.09. The number of aliphatic carboxylic acids is 1. The molecule has 2 N–H and O–H groups in total. The van der Waals surface area contributed by atoms with E-state index in [1.54, 1.807) is 13.8 Å². The van der Waals surface area contributed by atoms with Gasteiger partial charge in [-0.3, -0.25) is 4.79 Å². The molecule has 1 unspecified atom stereocenters. The number of aryl methyl sites for hydroxylation is 2. The van der Waals surface area contributed by atoms with Crippen LogP contribution in [0.4, 0.5) is 4.39 Å². The highest BCUT2D eigenvalue weighted by molar-refractivity contribution is 5.97. The highest BCUT2D eigenvalue weighted by atomic mass is 19.1. The van der Waals surface area contributed by atoms with Crippen molar-refractivity contribution in [2.75, 3.05) is 0 Å². The van der Waals surface area contributed by atoms with Crippen molar-refractivity contribution in [1.82, 2.24) is 5.32 Å². The van der Waals surface area contributed by atoms with Crippen LogP contribution in [0.25, 0.3) is 0 Å². The van der Waals surface area contributed by atoms with Gasteiger partial charge in [0.15, 0.2) is 6.04 Å². The number of carbonyl (C=O) groups is 2. The van der Waals surface area contributed by atoms with E-state index in [9.17, 15) is 14.0 Å². The lowest BCUT2D eigenvalue weighted by molar-refractivity contribution is -0.142. The van der Waals surface area contributed by atoms with Crippen LogP contribution in [0.15, 0.2) is 10.5 Å². The Bertz CT molecular complexity index is 473. The van der Waals surface area contributed by atoms with E-state index in [1.165, 1.54) is 6.07 Å². The summed E-state index contributed by atoms with van der Waals surface area (Å²) in [4.78, 5) is 22.8. The number of alkyl halides is 1. The van der Waals surface area contributed by atoms with E-state index in [-0.39, 0.29) is 5.56 Å². The number of carbonyl (C=O) groups excluding carboxylic acids is 1. The van der Waals surface area contributed by atoms with Crippen molar-refractivity contribution in [2.24, 2.45) is 0 Å². The average molecular weight is 257 g/mol. The van der Waals surface area contributed by atoms with Crippen LogP contribution < -0.4 is 5.32 Å². The van der Waals surface area contributed by atoms with Gasteiger partial charge in [-0.05, 0) is 33.8 Å². The van der Waals surface area contributed by atoms with Crippen molar-refractivity contribution in [3.63, 3.8) is 0 Å². The third-order valence-electron chi connectivity index (χ3n) is 2.49. The van der Waals surface area contributed by atoms with Crippen LogP contribution in [0.3, 0.4) is 0 Å². The predicted molar refractivity (Wildman–Crippen MR) is 62.3 cm³/mol. The molecule has 0 aliphatic heterocycles. The number of carboxylic acid groups (broad SMARTS) is 1. The topological polar surface area (TPSA) is 79.5 Å². The minimum atomic E-state index is -2.06. The molecule has 1 heterocycles. The first-order chi connectivity index (χ1) is 8.12. The van der Waals surface area contributed by atoms with E-state index < -0.39 is 23.6 Å². The fraction of sp³-hybridized carbons (Fsp3) is 0.500. The van der Waals surface area contributed by atoms with Crippen molar-refractivity contribution >= 4 is 11.9 Å². The number of hydrogen-bond acceptors (Lipinski definition) is 3. The third-order valence-corrected chi connectivity index (χ3v) is 2.49. The summed E-state index contributed by atoms with van der Waals surface area (Å²) in [5.74, 6) is -1.19. The molecule has 0 bridgehead atoms. The second-order valence-electron chi connectivity index (χ2n) is 4.64. The van der Waals surface area contributed by atoms with E-state index in [0.717, 1.165) is 13.8 Å². The number of furan rings is 1. The highest BCUT2D eigenvalue weighted by Crippen LogP contribution is 2.18. The molecule has 1 amide bonds. The van der Waals surface area contributed by atoms with Gasteiger partial charge in [-0.15, -0.1) is 0 Å². The minimum Gasteiger partial charge on any atom is -0.480 e. The van der Waals surface area contributed by atoms with E-state index >= 15 is 0 Å². The molecular weight excluding hydrogens is 241 g/mol. The van der Waals surface area contributed by atoms with Crippen molar-refractivity contribution < 1.29 is 23.5 Å². The van der Waals surface area contributed by atoms with Crippen LogP contribution in [-0.4, -0.2) is 28.7 Å². The Morgan fingerprint density at radius 1 is 1.44 bits per heavy atom. The van der Waals surface area contributed by atoms with Crippen molar-refractivity contribution in [3.05, 3.63) is 23.2 Å². The normalized spacial score (nSPS) is 13.2. The van der Waals surface area contributed by atoms with E-state index in [2.05, 4.69) is 5.32 Å². The number of halogens is 1. The van der Waals surface area contributed by atoms with Gasteiger partial charge in [0, 0.05) is 0 Å². The number of rotatable bonds is 4. The fourth-order valence-corrected chi connectivity index (χ4v) is 1.59. The molecule has 18 heavy (non-hydrogen) atoms. The lowest BCUT2D eigenvalue weighted by Crippen LogP contribution is -2.52. The lowest BCUT2D eigenvalue weighted by atomic mass is 10.0. The Hall–Kier alpha value is -1.85. The molecule has 0 spiro atoms. The molecular formula is C12H16FNO4. The molecule has 0 aliphatic rings. The maximum Gasteiger partial charge on any atom is 0.329 e. The van der Waals surface area contributed by atoms with E-state index in [4.69, 9.17) is 9.52 Å². The van der Waals surface area contributed by atoms with Crippen molar-refractivity contribution in [2.45, 2.75) is 39.4 Å². The van der Waals surface area contributed by atoms with E-state index in [0.29, 0.717) is 11.5 Å². The van der Waals surface area contributed by atoms with Gasteiger partial charge in [-0.25, -0.2) is 9.18 Å². The minimum absolute atomic E-state index is 0.211.